The van der Waals surface area contributed by atoms with E-state index in [0.717, 1.165) is 32.1 Å². The highest BCUT2D eigenvalue weighted by Gasteiger charge is 2.23. The third-order valence-corrected chi connectivity index (χ3v) is 7.46. The zero-order valence-corrected chi connectivity index (χ0v) is 26.0. The molecule has 0 rings (SSSR count). The Balaban J connectivity index is 4.38. The maximum absolute atomic E-state index is 12.2. The molecular formula is C29H59N2O6P. The molecule has 1 amide bonds. The van der Waals surface area contributed by atoms with Crippen LogP contribution in [0.4, 0.5) is 0 Å². The van der Waals surface area contributed by atoms with Crippen LogP contribution in [0.3, 0.4) is 0 Å². The van der Waals surface area contributed by atoms with E-state index in [4.69, 9.17) is 9.05 Å². The lowest BCUT2D eigenvalue weighted by molar-refractivity contribution is -0.870. The van der Waals surface area contributed by atoms with E-state index in [1.807, 2.05) is 34.1 Å². The molecule has 0 bridgehead atoms. The van der Waals surface area contributed by atoms with Gasteiger partial charge in [0.15, 0.2) is 0 Å². The van der Waals surface area contributed by atoms with Crippen molar-refractivity contribution in [1.29, 1.82) is 0 Å². The monoisotopic (exact) mass is 562 g/mol. The summed E-state index contributed by atoms with van der Waals surface area (Å²) in [4.78, 5) is 24.4. The smallest absolute Gasteiger partial charge is 0.268 e. The van der Waals surface area contributed by atoms with Crippen LogP contribution in [-0.4, -0.2) is 68.5 Å². The molecule has 0 aliphatic carbocycles. The number of carbonyl (C=O) groups excluding carboxylic acids is 1. The average Bonchev–Trinajstić information content (AvgIpc) is 2.84. The maximum Gasteiger partial charge on any atom is 0.268 e. The molecule has 8 nitrogen and oxygen atoms in total. The van der Waals surface area contributed by atoms with Gasteiger partial charge in [0.25, 0.3) is 7.82 Å². The van der Waals surface area contributed by atoms with E-state index in [2.05, 4.69) is 12.2 Å². The van der Waals surface area contributed by atoms with Gasteiger partial charge in [0.2, 0.25) is 5.91 Å². The number of aliphatic hydroxyl groups is 1. The highest BCUT2D eigenvalue weighted by molar-refractivity contribution is 7.45. The summed E-state index contributed by atoms with van der Waals surface area (Å²) < 4.78 is 22.7. The molecular weight excluding hydrogens is 503 g/mol. The van der Waals surface area contributed by atoms with E-state index in [-0.39, 0.29) is 19.1 Å². The van der Waals surface area contributed by atoms with Gasteiger partial charge in [-0.3, -0.25) is 9.36 Å². The Kier molecular flexibility index (Phi) is 22.5. The minimum atomic E-state index is -4.54. The number of hydrogen-bond acceptors (Lipinski definition) is 6. The van der Waals surface area contributed by atoms with E-state index in [1.165, 1.54) is 64.2 Å². The summed E-state index contributed by atoms with van der Waals surface area (Å²) in [7, 11) is 1.25. The Labute approximate surface area is 233 Å². The first kappa shape index (κ1) is 37.2. The Bertz CT molecular complexity index is 653. The molecule has 0 aliphatic rings. The van der Waals surface area contributed by atoms with Crippen LogP contribution in [-0.2, 0) is 18.4 Å². The van der Waals surface area contributed by atoms with Crippen LogP contribution in [0.25, 0.3) is 0 Å². The van der Waals surface area contributed by atoms with Crippen molar-refractivity contribution in [3.8, 4) is 0 Å². The second-order valence-electron chi connectivity index (χ2n) is 11.5. The lowest BCUT2D eigenvalue weighted by Gasteiger charge is -2.29. The van der Waals surface area contributed by atoms with Gasteiger partial charge < -0.3 is 28.8 Å². The van der Waals surface area contributed by atoms with E-state index >= 15 is 0 Å². The van der Waals surface area contributed by atoms with Crippen LogP contribution in [0.2, 0.25) is 0 Å². The highest BCUT2D eigenvalue weighted by atomic mass is 31.2. The molecule has 0 saturated heterocycles. The molecule has 0 heterocycles. The van der Waals surface area contributed by atoms with Crippen molar-refractivity contribution in [3.05, 3.63) is 12.2 Å². The molecule has 38 heavy (non-hydrogen) atoms. The number of phosphoric acid groups is 1. The molecule has 2 N–H and O–H groups in total. The maximum atomic E-state index is 12.2. The number of nitrogens with zero attached hydrogens (tertiary/aromatic N) is 1. The number of quaternary nitrogens is 1. The summed E-state index contributed by atoms with van der Waals surface area (Å²) in [5.74, 6) is -0.236. The van der Waals surface area contributed by atoms with E-state index in [0.29, 0.717) is 17.4 Å². The van der Waals surface area contributed by atoms with Crippen molar-refractivity contribution in [2.75, 3.05) is 40.9 Å². The lowest BCUT2D eigenvalue weighted by atomic mass is 10.0. The number of hydrogen-bond donors (Lipinski definition) is 2. The van der Waals surface area contributed by atoms with Crippen LogP contribution in [0.15, 0.2) is 12.2 Å². The average molecular weight is 563 g/mol. The Morgan fingerprint density at radius 3 is 1.95 bits per heavy atom. The van der Waals surface area contributed by atoms with Gasteiger partial charge >= 0.3 is 0 Å². The highest BCUT2D eigenvalue weighted by Crippen LogP contribution is 2.38. The molecule has 0 fully saturated rings. The molecule has 0 saturated carbocycles. The third-order valence-electron chi connectivity index (χ3n) is 6.50. The summed E-state index contributed by atoms with van der Waals surface area (Å²) in [5, 5.41) is 13.4. The predicted molar refractivity (Wildman–Crippen MR) is 155 cm³/mol. The predicted octanol–water partition coefficient (Wildman–Crippen LogP) is 5.88. The number of likely N-dealkylation sites (N-methyl/N-ethyl adjacent to an activating group) is 1. The zero-order chi connectivity index (χ0) is 28.7. The summed E-state index contributed by atoms with van der Waals surface area (Å²) in [6.07, 6.45) is 20.7. The fourth-order valence-corrected chi connectivity index (χ4v) is 4.67. The largest absolute Gasteiger partial charge is 0.756 e. The molecule has 226 valence electrons. The number of phosphoric ester groups is 1. The summed E-state index contributed by atoms with van der Waals surface area (Å²) in [6, 6.07) is -0.873. The lowest BCUT2D eigenvalue weighted by Crippen LogP contribution is -2.45. The molecule has 0 aromatic rings. The summed E-state index contributed by atoms with van der Waals surface area (Å²) in [5.41, 5.74) is 0. The first-order valence-electron chi connectivity index (χ1n) is 15.1. The number of unbranched alkanes of at least 4 members (excludes halogenated alkanes) is 13. The van der Waals surface area contributed by atoms with Gasteiger partial charge in [-0.2, -0.15) is 0 Å². The van der Waals surface area contributed by atoms with Crippen LogP contribution < -0.4 is 10.2 Å². The van der Waals surface area contributed by atoms with Crippen molar-refractivity contribution in [3.63, 3.8) is 0 Å². The van der Waals surface area contributed by atoms with Crippen LogP contribution in [0.1, 0.15) is 117 Å². The third kappa shape index (κ3) is 24.3. The minimum absolute atomic E-state index is 0.000687. The van der Waals surface area contributed by atoms with Gasteiger partial charge in [0, 0.05) is 6.42 Å². The minimum Gasteiger partial charge on any atom is -0.756 e. The van der Waals surface area contributed by atoms with Crippen molar-refractivity contribution in [2.45, 2.75) is 129 Å². The molecule has 3 unspecified atom stereocenters. The van der Waals surface area contributed by atoms with Gasteiger partial charge in [0.05, 0.1) is 39.9 Å². The fourth-order valence-electron chi connectivity index (χ4n) is 3.95. The molecule has 3 atom stereocenters. The molecule has 9 heteroatoms. The molecule has 0 aromatic carbocycles. The summed E-state index contributed by atoms with van der Waals surface area (Å²) in [6.45, 7) is 4.35. The normalized spacial score (nSPS) is 15.4. The van der Waals surface area contributed by atoms with Crippen molar-refractivity contribution in [2.24, 2.45) is 0 Å². The first-order chi connectivity index (χ1) is 18.0. The number of aliphatic hydroxyl groups excluding tert-OH is 1. The van der Waals surface area contributed by atoms with Gasteiger partial charge in [0.1, 0.15) is 13.2 Å². The number of allylic oxidation sites excluding steroid dienone is 1. The van der Waals surface area contributed by atoms with Crippen LogP contribution in [0.5, 0.6) is 0 Å². The van der Waals surface area contributed by atoms with Gasteiger partial charge in [-0.25, -0.2) is 0 Å². The van der Waals surface area contributed by atoms with Crippen molar-refractivity contribution < 1.29 is 32.9 Å². The van der Waals surface area contributed by atoms with Crippen molar-refractivity contribution >= 4 is 13.7 Å². The number of nitrogens with one attached hydrogen (secondary N) is 1. The van der Waals surface area contributed by atoms with Gasteiger partial charge in [-0.1, -0.05) is 103 Å². The quantitative estimate of drug-likeness (QED) is 0.0590. The number of amides is 1. The van der Waals surface area contributed by atoms with E-state index in [9.17, 15) is 19.4 Å². The first-order valence-corrected chi connectivity index (χ1v) is 16.5. The van der Waals surface area contributed by atoms with E-state index < -0.39 is 20.0 Å². The fraction of sp³-hybridized carbons (Fsp3) is 0.897. The van der Waals surface area contributed by atoms with Crippen molar-refractivity contribution in [1.82, 2.24) is 5.32 Å². The Morgan fingerprint density at radius 1 is 0.895 bits per heavy atom. The van der Waals surface area contributed by atoms with Crippen LogP contribution in [0, 0.1) is 0 Å². The summed E-state index contributed by atoms with van der Waals surface area (Å²) >= 11 is 0. The van der Waals surface area contributed by atoms with E-state index in [1.54, 1.807) is 6.08 Å². The molecule has 0 spiro atoms. The topological polar surface area (TPSA) is 108 Å². The van der Waals surface area contributed by atoms with Gasteiger partial charge in [-0.05, 0) is 19.3 Å². The van der Waals surface area contributed by atoms with Crippen LogP contribution >= 0.6 is 7.82 Å². The molecule has 0 radical (unpaired) electrons. The second-order valence-corrected chi connectivity index (χ2v) is 12.9. The molecule has 0 aliphatic heterocycles. The number of rotatable bonds is 26. The number of carbonyl (C=O) groups is 1. The Morgan fingerprint density at radius 2 is 1.42 bits per heavy atom. The SMILES string of the molecule is CCCCCCCCCCCCCC/C=C/C(O)C(COP(=O)([O-])OCC[N+](C)(C)C)NC(=O)CCCC. The Hall–Kier alpha value is -0.760. The van der Waals surface area contributed by atoms with Gasteiger partial charge in [-0.15, -0.1) is 0 Å². The standard InChI is InChI=1S/C29H59N2O6P/c1-6-8-10-11-12-13-14-15-16-17-18-19-20-21-22-28(32)27(30-29(33)23-9-7-2)26-37-38(34,35)36-25-24-31(3,4)5/h21-22,27-28,32H,6-20,23-26H2,1-5H3,(H-,30,33,34,35)/b22-21+. The zero-order valence-electron chi connectivity index (χ0n) is 25.1. The second kappa shape index (κ2) is 23.0. The molecule has 0 aromatic heterocycles.